The lowest BCUT2D eigenvalue weighted by Crippen LogP contribution is -2.19. The minimum atomic E-state index is -4.94. The monoisotopic (exact) mass is 329 g/mol. The Kier molecular flexibility index (Phi) is 4.38. The zero-order chi connectivity index (χ0) is 13.9. The minimum Gasteiger partial charge on any atom is -0.491 e. The Morgan fingerprint density at radius 1 is 1.56 bits per heavy atom. The number of aromatic nitrogens is 1. The topological polar surface area (TPSA) is 68.7 Å². The molecule has 0 unspecified atom stereocenters. The molecule has 0 fully saturated rings. The standard InChI is InChI=1S/C9H7BrF3NO4/c1-17-6-4(2-10)5(8(15)16)3-14-7(6)18-9(11,12)13/h3H,2H2,1H3,(H,15,16). The third kappa shape index (κ3) is 3.25. The Bertz CT molecular complexity index is 464. The third-order valence-electron chi connectivity index (χ3n) is 1.88. The average molecular weight is 330 g/mol. The Labute approximate surface area is 108 Å². The van der Waals surface area contributed by atoms with Gasteiger partial charge in [-0.1, -0.05) is 15.9 Å². The second kappa shape index (κ2) is 5.42. The van der Waals surface area contributed by atoms with Crippen molar-refractivity contribution in [3.8, 4) is 11.6 Å². The molecule has 0 aliphatic heterocycles. The van der Waals surface area contributed by atoms with Gasteiger partial charge in [0.1, 0.15) is 0 Å². The van der Waals surface area contributed by atoms with E-state index in [-0.39, 0.29) is 22.2 Å². The van der Waals surface area contributed by atoms with Gasteiger partial charge in [-0.25, -0.2) is 9.78 Å². The van der Waals surface area contributed by atoms with Crippen molar-refractivity contribution >= 4 is 21.9 Å². The van der Waals surface area contributed by atoms with Crippen molar-refractivity contribution in [3.63, 3.8) is 0 Å². The van der Waals surface area contributed by atoms with Crippen molar-refractivity contribution in [2.24, 2.45) is 0 Å². The van der Waals surface area contributed by atoms with Crippen LogP contribution in [-0.4, -0.2) is 29.5 Å². The highest BCUT2D eigenvalue weighted by molar-refractivity contribution is 9.08. The second-order valence-corrected chi connectivity index (χ2v) is 3.54. The molecule has 1 N–H and O–H groups in total. The number of nitrogens with zero attached hydrogens (tertiary/aromatic N) is 1. The summed E-state index contributed by atoms with van der Waals surface area (Å²) in [6, 6.07) is 0. The van der Waals surface area contributed by atoms with Gasteiger partial charge in [0.05, 0.1) is 12.7 Å². The summed E-state index contributed by atoms with van der Waals surface area (Å²) in [7, 11) is 1.10. The predicted octanol–water partition coefficient (Wildman–Crippen LogP) is 2.58. The minimum absolute atomic E-state index is 0.0132. The lowest BCUT2D eigenvalue weighted by molar-refractivity contribution is -0.276. The van der Waals surface area contributed by atoms with Crippen molar-refractivity contribution in [1.29, 1.82) is 0 Å². The molecule has 0 saturated heterocycles. The molecular weight excluding hydrogens is 323 g/mol. The molecule has 0 amide bonds. The van der Waals surface area contributed by atoms with Gasteiger partial charge in [-0.3, -0.25) is 0 Å². The SMILES string of the molecule is COc1c(OC(F)(F)F)ncc(C(=O)O)c1CBr. The van der Waals surface area contributed by atoms with E-state index in [1.54, 1.807) is 0 Å². The van der Waals surface area contributed by atoms with Crippen LogP contribution in [-0.2, 0) is 5.33 Å². The maximum absolute atomic E-state index is 12.1. The van der Waals surface area contributed by atoms with Gasteiger partial charge in [-0.05, 0) is 0 Å². The largest absolute Gasteiger partial charge is 0.574 e. The van der Waals surface area contributed by atoms with Crippen LogP contribution in [0.15, 0.2) is 6.20 Å². The van der Waals surface area contributed by atoms with Crippen molar-refractivity contribution in [2.75, 3.05) is 7.11 Å². The van der Waals surface area contributed by atoms with E-state index in [2.05, 4.69) is 25.7 Å². The smallest absolute Gasteiger partial charge is 0.491 e. The lowest BCUT2D eigenvalue weighted by Gasteiger charge is -2.14. The Balaban J connectivity index is 3.34. The number of hydrogen-bond donors (Lipinski definition) is 1. The van der Waals surface area contributed by atoms with Crippen LogP contribution < -0.4 is 9.47 Å². The Morgan fingerprint density at radius 3 is 2.56 bits per heavy atom. The molecule has 100 valence electrons. The number of carboxylic acids is 1. The van der Waals surface area contributed by atoms with E-state index in [4.69, 9.17) is 9.84 Å². The molecule has 0 aliphatic rings. The first kappa shape index (κ1) is 14.6. The highest BCUT2D eigenvalue weighted by Crippen LogP contribution is 2.35. The summed E-state index contributed by atoms with van der Waals surface area (Å²) in [6.07, 6.45) is -4.16. The predicted molar refractivity (Wildman–Crippen MR) is 57.1 cm³/mol. The fourth-order valence-corrected chi connectivity index (χ4v) is 1.78. The van der Waals surface area contributed by atoms with Gasteiger partial charge in [0.25, 0.3) is 5.88 Å². The van der Waals surface area contributed by atoms with Crippen LogP contribution in [0.25, 0.3) is 0 Å². The van der Waals surface area contributed by atoms with Crippen LogP contribution in [0.1, 0.15) is 15.9 Å². The number of ether oxygens (including phenoxy) is 2. The van der Waals surface area contributed by atoms with Gasteiger partial charge in [0.2, 0.25) is 0 Å². The van der Waals surface area contributed by atoms with Crippen LogP contribution in [0.2, 0.25) is 0 Å². The number of halogens is 4. The molecule has 0 radical (unpaired) electrons. The first-order valence-corrected chi connectivity index (χ1v) is 5.53. The van der Waals surface area contributed by atoms with Crippen molar-refractivity contribution < 1.29 is 32.5 Å². The Morgan fingerprint density at radius 2 is 2.17 bits per heavy atom. The van der Waals surface area contributed by atoms with Crippen LogP contribution in [0, 0.1) is 0 Å². The van der Waals surface area contributed by atoms with E-state index < -0.39 is 18.2 Å². The number of carboxylic acid groups (broad SMARTS) is 1. The first-order valence-electron chi connectivity index (χ1n) is 4.41. The zero-order valence-corrected chi connectivity index (χ0v) is 10.5. The molecule has 1 rings (SSSR count). The van der Waals surface area contributed by atoms with E-state index in [0.29, 0.717) is 0 Å². The molecular formula is C9H7BrF3NO4. The number of carbonyl (C=O) groups is 1. The molecule has 1 aromatic heterocycles. The van der Waals surface area contributed by atoms with Gasteiger partial charge in [-0.15, -0.1) is 13.2 Å². The van der Waals surface area contributed by atoms with E-state index >= 15 is 0 Å². The summed E-state index contributed by atoms with van der Waals surface area (Å²) in [5, 5.41) is 8.84. The van der Waals surface area contributed by atoms with E-state index in [9.17, 15) is 18.0 Å². The molecule has 18 heavy (non-hydrogen) atoms. The fourth-order valence-electron chi connectivity index (χ4n) is 1.22. The lowest BCUT2D eigenvalue weighted by atomic mass is 10.1. The number of alkyl halides is 4. The van der Waals surface area contributed by atoms with E-state index in [0.717, 1.165) is 13.3 Å². The number of rotatable bonds is 4. The molecule has 0 bridgehead atoms. The van der Waals surface area contributed by atoms with Gasteiger partial charge in [-0.2, -0.15) is 0 Å². The molecule has 0 aliphatic carbocycles. The summed E-state index contributed by atoms with van der Waals surface area (Å²) in [4.78, 5) is 14.2. The molecule has 5 nitrogen and oxygen atoms in total. The molecule has 9 heteroatoms. The summed E-state index contributed by atoms with van der Waals surface area (Å²) >= 11 is 2.97. The zero-order valence-electron chi connectivity index (χ0n) is 8.92. The summed E-state index contributed by atoms with van der Waals surface area (Å²) in [5.41, 5.74) is -0.252. The molecule has 0 spiro atoms. The molecule has 1 aromatic rings. The highest BCUT2D eigenvalue weighted by Gasteiger charge is 2.34. The summed E-state index contributed by atoms with van der Waals surface area (Å²) in [5.74, 6) is -2.53. The fraction of sp³-hybridized carbons (Fsp3) is 0.333. The first-order chi connectivity index (χ1) is 8.30. The number of methoxy groups -OCH3 is 1. The van der Waals surface area contributed by atoms with Crippen molar-refractivity contribution in [2.45, 2.75) is 11.7 Å². The highest BCUT2D eigenvalue weighted by atomic mass is 79.9. The van der Waals surface area contributed by atoms with Crippen LogP contribution in [0.5, 0.6) is 11.6 Å². The van der Waals surface area contributed by atoms with Crippen molar-refractivity contribution in [1.82, 2.24) is 4.98 Å². The van der Waals surface area contributed by atoms with Crippen LogP contribution in [0.4, 0.5) is 13.2 Å². The average Bonchev–Trinajstić information content (AvgIpc) is 2.25. The molecule has 0 atom stereocenters. The summed E-state index contributed by atoms with van der Waals surface area (Å²) < 4.78 is 44.7. The maximum Gasteiger partial charge on any atom is 0.574 e. The third-order valence-corrected chi connectivity index (χ3v) is 2.45. The molecule has 0 aromatic carbocycles. The van der Waals surface area contributed by atoms with E-state index in [1.165, 1.54) is 0 Å². The molecule has 1 heterocycles. The number of hydrogen-bond acceptors (Lipinski definition) is 4. The van der Waals surface area contributed by atoms with Gasteiger partial charge in [0.15, 0.2) is 5.75 Å². The number of pyridine rings is 1. The van der Waals surface area contributed by atoms with E-state index in [1.807, 2.05) is 0 Å². The van der Waals surface area contributed by atoms with Gasteiger partial charge in [0, 0.05) is 17.1 Å². The van der Waals surface area contributed by atoms with Crippen LogP contribution in [0.3, 0.4) is 0 Å². The van der Waals surface area contributed by atoms with Gasteiger partial charge < -0.3 is 14.6 Å². The second-order valence-electron chi connectivity index (χ2n) is 2.98. The maximum atomic E-state index is 12.1. The molecule has 0 saturated carbocycles. The Hall–Kier alpha value is -1.51. The number of aromatic carboxylic acids is 1. The summed E-state index contributed by atoms with van der Waals surface area (Å²) in [6.45, 7) is 0. The quantitative estimate of drug-likeness (QED) is 0.860. The van der Waals surface area contributed by atoms with Crippen LogP contribution >= 0.6 is 15.9 Å². The van der Waals surface area contributed by atoms with Crippen molar-refractivity contribution in [3.05, 3.63) is 17.3 Å². The normalized spacial score (nSPS) is 11.2. The van der Waals surface area contributed by atoms with Gasteiger partial charge >= 0.3 is 12.3 Å².